The van der Waals surface area contributed by atoms with E-state index >= 15 is 0 Å². The van der Waals surface area contributed by atoms with Gasteiger partial charge in [-0.05, 0) is 49.3 Å². The van der Waals surface area contributed by atoms with E-state index in [9.17, 15) is 4.79 Å². The number of fused-ring (bicyclic) bond motifs is 1. The number of rotatable bonds is 5. The maximum atomic E-state index is 11.5. The van der Waals surface area contributed by atoms with Crippen LogP contribution in [-0.2, 0) is 13.0 Å². The number of Topliss-reactive ketones (excluding diaryl/α,β-unsaturated/α-hetero) is 1. The first-order valence-electron chi connectivity index (χ1n) is 10.4. The van der Waals surface area contributed by atoms with Crippen LogP contribution in [0.5, 0.6) is 0 Å². The Morgan fingerprint density at radius 2 is 1.67 bits per heavy atom. The van der Waals surface area contributed by atoms with E-state index in [-0.39, 0.29) is 5.78 Å². The van der Waals surface area contributed by atoms with E-state index in [0.717, 1.165) is 24.4 Å². The number of nitrogens with zero attached hydrogens (tertiary/aromatic N) is 1. The minimum absolute atomic E-state index is 0.126. The van der Waals surface area contributed by atoms with Gasteiger partial charge in [-0.3, -0.25) is 4.79 Å². The molecule has 0 amide bonds. The molecule has 1 aromatic heterocycles. The van der Waals surface area contributed by atoms with Crippen LogP contribution in [0.3, 0.4) is 0 Å². The number of benzene rings is 2. The molecule has 2 aromatic carbocycles. The summed E-state index contributed by atoms with van der Waals surface area (Å²) in [7, 11) is 0. The van der Waals surface area contributed by atoms with Crippen LogP contribution in [-0.4, -0.2) is 10.4 Å². The molecule has 2 nitrogen and oxygen atoms in total. The molecule has 2 heteroatoms. The molecule has 0 radical (unpaired) electrons. The predicted octanol–water partition coefficient (Wildman–Crippen LogP) is 6.41. The first kappa shape index (κ1) is 18.0. The minimum atomic E-state index is 0.126. The van der Waals surface area contributed by atoms with Gasteiger partial charge in [0, 0.05) is 29.2 Å². The van der Waals surface area contributed by atoms with Crippen LogP contribution in [0.4, 0.5) is 0 Å². The van der Waals surface area contributed by atoms with Gasteiger partial charge in [-0.25, -0.2) is 0 Å². The van der Waals surface area contributed by atoms with Crippen molar-refractivity contribution in [3.8, 4) is 0 Å². The summed E-state index contributed by atoms with van der Waals surface area (Å²) >= 11 is 0. The smallest absolute Gasteiger partial charge is 0.159 e. The highest BCUT2D eigenvalue weighted by Crippen LogP contribution is 2.29. The van der Waals surface area contributed by atoms with Gasteiger partial charge in [0.05, 0.1) is 0 Å². The largest absolute Gasteiger partial charge is 0.347 e. The Morgan fingerprint density at radius 3 is 2.37 bits per heavy atom. The average molecular weight is 360 g/mol. The van der Waals surface area contributed by atoms with Crippen molar-refractivity contribution in [1.82, 2.24) is 4.57 Å². The molecule has 140 valence electrons. The van der Waals surface area contributed by atoms with Crippen molar-refractivity contribution in [3.05, 3.63) is 71.4 Å². The van der Waals surface area contributed by atoms with Crippen LogP contribution in [0.25, 0.3) is 10.9 Å². The Kier molecular flexibility index (Phi) is 5.42. The third kappa shape index (κ3) is 4.16. The van der Waals surface area contributed by atoms with Gasteiger partial charge in [0.25, 0.3) is 0 Å². The van der Waals surface area contributed by atoms with Crippen molar-refractivity contribution < 1.29 is 4.79 Å². The number of hydrogen-bond acceptors (Lipinski definition) is 1. The van der Waals surface area contributed by atoms with E-state index in [0.29, 0.717) is 0 Å². The van der Waals surface area contributed by atoms with Gasteiger partial charge < -0.3 is 4.57 Å². The van der Waals surface area contributed by atoms with Gasteiger partial charge in [-0.1, -0.05) is 68.1 Å². The Bertz CT molecular complexity index is 911. The van der Waals surface area contributed by atoms with E-state index in [1.165, 1.54) is 60.6 Å². The summed E-state index contributed by atoms with van der Waals surface area (Å²) < 4.78 is 2.49. The van der Waals surface area contributed by atoms with Crippen LogP contribution in [0.1, 0.15) is 66.9 Å². The van der Waals surface area contributed by atoms with E-state index in [1.807, 2.05) is 12.1 Å². The second-order valence-corrected chi connectivity index (χ2v) is 8.11. The van der Waals surface area contributed by atoms with Gasteiger partial charge in [-0.2, -0.15) is 0 Å². The summed E-state index contributed by atoms with van der Waals surface area (Å²) in [5, 5.41) is 1.36. The summed E-state index contributed by atoms with van der Waals surface area (Å²) in [4.78, 5) is 11.5. The quantitative estimate of drug-likeness (QED) is 0.381. The second kappa shape index (κ2) is 8.12. The van der Waals surface area contributed by atoms with Gasteiger partial charge in [0.2, 0.25) is 0 Å². The maximum Gasteiger partial charge on any atom is 0.159 e. The van der Waals surface area contributed by atoms with Crippen molar-refractivity contribution in [2.75, 3.05) is 0 Å². The third-order valence-corrected chi connectivity index (χ3v) is 6.06. The molecule has 1 fully saturated rings. The first-order chi connectivity index (χ1) is 13.2. The molecule has 4 rings (SSSR count). The fourth-order valence-electron chi connectivity index (χ4n) is 4.52. The molecule has 0 atom stereocenters. The molecule has 0 saturated heterocycles. The summed E-state index contributed by atoms with van der Waals surface area (Å²) in [6.45, 7) is 2.76. The molecule has 0 unspecified atom stereocenters. The molecular weight excluding hydrogens is 330 g/mol. The number of carbonyl (C=O) groups excluding carboxylic acids is 1. The zero-order valence-electron chi connectivity index (χ0n) is 16.3. The summed E-state index contributed by atoms with van der Waals surface area (Å²) in [5.74, 6) is 0.938. The molecule has 1 saturated carbocycles. The minimum Gasteiger partial charge on any atom is -0.347 e. The molecule has 0 spiro atoms. The highest BCUT2D eigenvalue weighted by molar-refractivity contribution is 5.94. The average Bonchev–Trinajstić information content (AvgIpc) is 2.84. The highest BCUT2D eigenvalue weighted by Gasteiger charge is 2.15. The van der Waals surface area contributed by atoms with Gasteiger partial charge in [0.1, 0.15) is 0 Å². The van der Waals surface area contributed by atoms with Crippen molar-refractivity contribution in [3.63, 3.8) is 0 Å². The van der Waals surface area contributed by atoms with Crippen molar-refractivity contribution in [1.29, 1.82) is 0 Å². The second-order valence-electron chi connectivity index (χ2n) is 8.11. The van der Waals surface area contributed by atoms with Gasteiger partial charge in [-0.15, -0.1) is 0 Å². The molecule has 1 heterocycles. The molecule has 0 N–H and O–H groups in total. The molecule has 3 aromatic rings. The summed E-state index contributed by atoms with van der Waals surface area (Å²) in [5.41, 5.74) is 4.79. The third-order valence-electron chi connectivity index (χ3n) is 6.06. The van der Waals surface area contributed by atoms with Gasteiger partial charge >= 0.3 is 0 Å². The van der Waals surface area contributed by atoms with Crippen LogP contribution in [0.15, 0.2) is 54.7 Å². The Balaban J connectivity index is 1.60. The molecule has 1 aliphatic carbocycles. The number of aromatic nitrogens is 1. The molecule has 27 heavy (non-hydrogen) atoms. The highest BCUT2D eigenvalue weighted by atomic mass is 16.1. The maximum absolute atomic E-state index is 11.5. The zero-order valence-corrected chi connectivity index (χ0v) is 16.3. The lowest BCUT2D eigenvalue weighted by Crippen LogP contribution is -2.09. The molecule has 0 aliphatic heterocycles. The predicted molar refractivity (Wildman–Crippen MR) is 112 cm³/mol. The fraction of sp³-hybridized carbons (Fsp3) is 0.400. The monoisotopic (exact) mass is 359 g/mol. The molecule has 0 bridgehead atoms. The summed E-state index contributed by atoms with van der Waals surface area (Å²) in [6.07, 6.45) is 11.6. The van der Waals surface area contributed by atoms with Crippen LogP contribution < -0.4 is 0 Å². The zero-order chi connectivity index (χ0) is 18.6. The number of ketones is 1. The molecular formula is C25H29NO. The van der Waals surface area contributed by atoms with Gasteiger partial charge in [0.15, 0.2) is 5.78 Å². The summed E-state index contributed by atoms with van der Waals surface area (Å²) in [6, 6.07) is 16.9. The van der Waals surface area contributed by atoms with Crippen molar-refractivity contribution >= 4 is 16.7 Å². The van der Waals surface area contributed by atoms with E-state index < -0.39 is 0 Å². The van der Waals surface area contributed by atoms with Crippen molar-refractivity contribution in [2.24, 2.45) is 5.92 Å². The number of para-hydroxylation sites is 1. The van der Waals surface area contributed by atoms with Crippen molar-refractivity contribution in [2.45, 2.75) is 58.4 Å². The lowest BCUT2D eigenvalue weighted by Gasteiger charge is -2.15. The van der Waals surface area contributed by atoms with E-state index in [2.05, 4.69) is 47.2 Å². The standard InChI is InChI=1S/C25H29NO/c1-19(27)22-14-12-20(13-15-22)16-23-18-26(25-11-7-6-10-24(23)25)17-21-8-4-2-3-5-9-21/h6-7,10-15,18,21H,2-5,8-9,16-17H2,1H3. The van der Waals surface area contributed by atoms with E-state index in [4.69, 9.17) is 0 Å². The molecule has 1 aliphatic rings. The number of hydrogen-bond donors (Lipinski definition) is 0. The van der Waals surface area contributed by atoms with Crippen LogP contribution in [0.2, 0.25) is 0 Å². The number of carbonyl (C=O) groups is 1. The fourth-order valence-corrected chi connectivity index (χ4v) is 4.52. The Hall–Kier alpha value is -2.35. The topological polar surface area (TPSA) is 22.0 Å². The Labute approximate surface area is 162 Å². The van der Waals surface area contributed by atoms with E-state index in [1.54, 1.807) is 6.92 Å². The van der Waals surface area contributed by atoms with Crippen LogP contribution in [0, 0.1) is 5.92 Å². The lowest BCUT2D eigenvalue weighted by atomic mass is 10.0. The van der Waals surface area contributed by atoms with Crippen LogP contribution >= 0.6 is 0 Å². The first-order valence-corrected chi connectivity index (χ1v) is 10.4. The Morgan fingerprint density at radius 1 is 0.963 bits per heavy atom. The SMILES string of the molecule is CC(=O)c1ccc(Cc2cn(CC3CCCCCC3)c3ccccc23)cc1. The lowest BCUT2D eigenvalue weighted by molar-refractivity contribution is 0.101. The normalized spacial score (nSPS) is 15.7.